The Bertz CT molecular complexity index is 1170. The maximum Gasteiger partial charge on any atom is 0.337 e. The Hall–Kier alpha value is -2.87. The van der Waals surface area contributed by atoms with Crippen molar-refractivity contribution >= 4 is 27.5 Å². The van der Waals surface area contributed by atoms with E-state index < -0.39 is 11.7 Å². The second kappa shape index (κ2) is 7.27. The molecule has 8 heteroatoms. The summed E-state index contributed by atoms with van der Waals surface area (Å²) in [6.07, 6.45) is 3.78. The molecule has 1 aliphatic rings. The average Bonchev–Trinajstić information content (AvgIpc) is 3.11. The number of benzene rings is 1. The van der Waals surface area contributed by atoms with Gasteiger partial charge in [0.15, 0.2) is 0 Å². The van der Waals surface area contributed by atoms with Crippen LogP contribution in [0.4, 0.5) is 0 Å². The maximum absolute atomic E-state index is 13.4. The number of fused-ring (bicyclic) bond motifs is 3. The number of carbonyl (C=O) groups is 1. The van der Waals surface area contributed by atoms with Gasteiger partial charge in [-0.3, -0.25) is 14.2 Å². The van der Waals surface area contributed by atoms with E-state index in [0.717, 1.165) is 40.7 Å². The molecule has 0 N–H and O–H groups in total. The van der Waals surface area contributed by atoms with Gasteiger partial charge in [-0.05, 0) is 55.5 Å². The van der Waals surface area contributed by atoms with Crippen LogP contribution in [0.3, 0.4) is 0 Å². The van der Waals surface area contributed by atoms with Gasteiger partial charge in [-0.2, -0.15) is 0 Å². The molecule has 1 aromatic carbocycles. The molecule has 0 saturated heterocycles. The molecule has 3 aromatic rings. The number of esters is 1. The summed E-state index contributed by atoms with van der Waals surface area (Å²) in [5.74, 6) is 0.0929. The quantitative estimate of drug-likeness (QED) is 0.628. The Balaban J connectivity index is 2.05. The zero-order chi connectivity index (χ0) is 19.8. The van der Waals surface area contributed by atoms with Crippen molar-refractivity contribution in [2.75, 3.05) is 14.2 Å². The first kappa shape index (κ1) is 18.5. The third-order valence-electron chi connectivity index (χ3n) is 5.08. The molecule has 0 unspecified atom stereocenters. The van der Waals surface area contributed by atoms with Gasteiger partial charge in [-0.15, -0.1) is 11.3 Å². The fourth-order valence-corrected chi connectivity index (χ4v) is 5.03. The van der Waals surface area contributed by atoms with Gasteiger partial charge in [-0.25, -0.2) is 9.36 Å². The molecule has 2 aromatic heterocycles. The number of nitrogens with zero attached hydrogens (tertiary/aromatic N) is 2. The lowest BCUT2D eigenvalue weighted by molar-refractivity contribution is -0.141. The first-order chi connectivity index (χ1) is 13.5. The molecule has 0 saturated carbocycles. The van der Waals surface area contributed by atoms with E-state index in [4.69, 9.17) is 9.47 Å². The first-order valence-electron chi connectivity index (χ1n) is 9.06. The van der Waals surface area contributed by atoms with Crippen LogP contribution in [0.15, 0.2) is 33.9 Å². The average molecular weight is 400 g/mol. The van der Waals surface area contributed by atoms with Crippen molar-refractivity contribution < 1.29 is 14.3 Å². The van der Waals surface area contributed by atoms with Crippen LogP contribution in [0.1, 0.15) is 23.3 Å². The minimum Gasteiger partial charge on any atom is -0.497 e. The number of hydrogen-bond acceptors (Lipinski definition) is 6. The summed E-state index contributed by atoms with van der Waals surface area (Å²) < 4.78 is 12.4. The van der Waals surface area contributed by atoms with Gasteiger partial charge in [-0.1, -0.05) is 0 Å². The monoisotopic (exact) mass is 400 g/mol. The van der Waals surface area contributed by atoms with Gasteiger partial charge in [0.25, 0.3) is 5.56 Å². The molecular formula is C20H20N2O5S. The van der Waals surface area contributed by atoms with Crippen molar-refractivity contribution in [3.63, 3.8) is 0 Å². The summed E-state index contributed by atoms with van der Waals surface area (Å²) in [6.45, 7) is -0.234. The molecule has 0 radical (unpaired) electrons. The lowest BCUT2D eigenvalue weighted by Crippen LogP contribution is -2.40. The van der Waals surface area contributed by atoms with Crippen LogP contribution in [0.5, 0.6) is 5.75 Å². The lowest BCUT2D eigenvalue weighted by Gasteiger charge is -2.13. The molecule has 28 heavy (non-hydrogen) atoms. The van der Waals surface area contributed by atoms with E-state index in [-0.39, 0.29) is 12.1 Å². The van der Waals surface area contributed by atoms with Gasteiger partial charge < -0.3 is 9.47 Å². The molecule has 4 rings (SSSR count). The smallest absolute Gasteiger partial charge is 0.337 e. The zero-order valence-corrected chi connectivity index (χ0v) is 16.5. The van der Waals surface area contributed by atoms with Gasteiger partial charge in [0, 0.05) is 4.88 Å². The largest absolute Gasteiger partial charge is 0.497 e. The van der Waals surface area contributed by atoms with Crippen LogP contribution in [-0.2, 0) is 28.9 Å². The fourth-order valence-electron chi connectivity index (χ4n) is 3.66. The maximum atomic E-state index is 13.4. The van der Waals surface area contributed by atoms with E-state index in [1.807, 2.05) is 0 Å². The summed E-state index contributed by atoms with van der Waals surface area (Å²) in [6, 6.07) is 6.71. The molecule has 0 aliphatic heterocycles. The van der Waals surface area contributed by atoms with Gasteiger partial charge >= 0.3 is 11.7 Å². The minimum atomic E-state index is -0.549. The molecule has 0 spiro atoms. The topological polar surface area (TPSA) is 79.5 Å². The van der Waals surface area contributed by atoms with E-state index in [1.165, 1.54) is 23.0 Å². The van der Waals surface area contributed by atoms with E-state index >= 15 is 0 Å². The minimum absolute atomic E-state index is 0.234. The van der Waals surface area contributed by atoms with Crippen molar-refractivity contribution in [1.82, 2.24) is 9.13 Å². The van der Waals surface area contributed by atoms with Gasteiger partial charge in [0.05, 0.1) is 25.3 Å². The Kier molecular flexibility index (Phi) is 4.80. The molecular weight excluding hydrogens is 380 g/mol. The van der Waals surface area contributed by atoms with Crippen LogP contribution in [0.2, 0.25) is 0 Å². The van der Waals surface area contributed by atoms with Crippen molar-refractivity contribution in [3.05, 3.63) is 55.5 Å². The number of aryl methyl sites for hydroxylation is 2. The van der Waals surface area contributed by atoms with E-state index in [2.05, 4.69) is 0 Å². The highest BCUT2D eigenvalue weighted by Gasteiger charge is 2.25. The normalized spacial score (nSPS) is 13.4. The summed E-state index contributed by atoms with van der Waals surface area (Å²) >= 11 is 1.44. The van der Waals surface area contributed by atoms with Crippen LogP contribution in [-0.4, -0.2) is 29.3 Å². The SMILES string of the molecule is COC(=O)Cn1c(=O)n(-c2ccc(OC)cc2)c(=O)c2c3c(sc21)CCCC3. The Morgan fingerprint density at radius 1 is 1.11 bits per heavy atom. The highest BCUT2D eigenvalue weighted by atomic mass is 32.1. The Morgan fingerprint density at radius 3 is 2.50 bits per heavy atom. The molecule has 0 bridgehead atoms. The van der Waals surface area contributed by atoms with Crippen molar-refractivity contribution in [2.24, 2.45) is 0 Å². The summed E-state index contributed by atoms with van der Waals surface area (Å²) in [5, 5.41) is 0.541. The van der Waals surface area contributed by atoms with Crippen LogP contribution in [0, 0.1) is 0 Å². The fraction of sp³-hybridized carbons (Fsp3) is 0.350. The predicted molar refractivity (Wildman–Crippen MR) is 107 cm³/mol. The number of carbonyl (C=O) groups excluding carboxylic acids is 1. The summed E-state index contributed by atoms with van der Waals surface area (Å²) in [7, 11) is 2.83. The van der Waals surface area contributed by atoms with E-state index in [1.54, 1.807) is 31.4 Å². The molecule has 0 atom stereocenters. The Morgan fingerprint density at radius 2 is 1.82 bits per heavy atom. The lowest BCUT2D eigenvalue weighted by atomic mass is 9.97. The van der Waals surface area contributed by atoms with Gasteiger partial charge in [0.2, 0.25) is 0 Å². The number of hydrogen-bond donors (Lipinski definition) is 0. The number of rotatable bonds is 4. The van der Waals surface area contributed by atoms with Crippen molar-refractivity contribution in [3.8, 4) is 11.4 Å². The van der Waals surface area contributed by atoms with E-state index in [0.29, 0.717) is 21.7 Å². The first-order valence-corrected chi connectivity index (χ1v) is 9.88. The molecule has 0 amide bonds. The number of methoxy groups -OCH3 is 2. The van der Waals surface area contributed by atoms with Crippen LogP contribution < -0.4 is 16.0 Å². The zero-order valence-electron chi connectivity index (χ0n) is 15.7. The molecule has 2 heterocycles. The standard InChI is InChI=1S/C20H20N2O5S/c1-26-13-9-7-12(8-10-13)22-18(24)17-14-5-3-4-6-15(14)28-19(17)21(20(22)25)11-16(23)27-2/h7-10H,3-6,11H2,1-2H3. The molecule has 0 fully saturated rings. The van der Waals surface area contributed by atoms with Crippen molar-refractivity contribution in [1.29, 1.82) is 0 Å². The molecule has 7 nitrogen and oxygen atoms in total. The highest BCUT2D eigenvalue weighted by molar-refractivity contribution is 7.18. The highest BCUT2D eigenvalue weighted by Crippen LogP contribution is 2.34. The van der Waals surface area contributed by atoms with Crippen molar-refractivity contribution in [2.45, 2.75) is 32.2 Å². The molecule has 146 valence electrons. The predicted octanol–water partition coefficient (Wildman–Crippen LogP) is 2.27. The van der Waals surface area contributed by atoms with Crippen LogP contribution in [0.25, 0.3) is 15.9 Å². The van der Waals surface area contributed by atoms with E-state index in [9.17, 15) is 14.4 Å². The second-order valence-corrected chi connectivity index (χ2v) is 7.76. The second-order valence-electron chi connectivity index (χ2n) is 6.67. The number of aromatic nitrogens is 2. The van der Waals surface area contributed by atoms with Crippen LogP contribution >= 0.6 is 11.3 Å². The molecule has 1 aliphatic carbocycles. The van der Waals surface area contributed by atoms with Gasteiger partial charge in [0.1, 0.15) is 17.1 Å². The number of thiophene rings is 1. The summed E-state index contributed by atoms with van der Waals surface area (Å²) in [5.41, 5.74) is 0.557. The third kappa shape index (κ3) is 2.93. The summed E-state index contributed by atoms with van der Waals surface area (Å²) in [4.78, 5) is 40.2. The Labute approximate surface area is 164 Å². The number of ether oxygens (including phenoxy) is 2. The third-order valence-corrected chi connectivity index (χ3v) is 6.40.